The fraction of sp³-hybridized carbons (Fsp3) is 0.611. The Bertz CT molecular complexity index is 668. The third-order valence-corrected chi connectivity index (χ3v) is 5.16. The van der Waals surface area contributed by atoms with E-state index < -0.39 is 0 Å². The number of hydrogen-bond donors (Lipinski definition) is 1. The van der Waals surface area contributed by atoms with Crippen molar-refractivity contribution in [2.24, 2.45) is 0 Å². The van der Waals surface area contributed by atoms with Crippen molar-refractivity contribution in [1.82, 2.24) is 30.0 Å². The molecule has 1 aliphatic heterocycles. The van der Waals surface area contributed by atoms with E-state index in [1.165, 1.54) is 11.1 Å². The predicted molar refractivity (Wildman–Crippen MR) is 96.6 cm³/mol. The van der Waals surface area contributed by atoms with Crippen LogP contribution < -0.4 is 0 Å². The summed E-state index contributed by atoms with van der Waals surface area (Å²) in [7, 11) is 0. The van der Waals surface area contributed by atoms with Crippen LogP contribution >= 0.6 is 0 Å². The van der Waals surface area contributed by atoms with Gasteiger partial charge in [0.05, 0.1) is 18.8 Å². The Morgan fingerprint density at radius 3 is 2.40 bits per heavy atom. The van der Waals surface area contributed by atoms with E-state index in [2.05, 4.69) is 64.3 Å². The predicted octanol–water partition coefficient (Wildman–Crippen LogP) is 1.17. The van der Waals surface area contributed by atoms with E-state index in [0.29, 0.717) is 0 Å². The molecule has 1 aromatic carbocycles. The molecule has 7 nitrogen and oxygen atoms in total. The molecule has 1 unspecified atom stereocenters. The minimum Gasteiger partial charge on any atom is -0.395 e. The van der Waals surface area contributed by atoms with Crippen LogP contribution in [0.5, 0.6) is 0 Å². The molecule has 0 radical (unpaired) electrons. The van der Waals surface area contributed by atoms with Gasteiger partial charge in [-0.25, -0.2) is 0 Å². The number of aryl methyl sites for hydroxylation is 2. The van der Waals surface area contributed by atoms with Gasteiger partial charge >= 0.3 is 0 Å². The Morgan fingerprint density at radius 1 is 1.12 bits per heavy atom. The minimum absolute atomic E-state index is 0.237. The number of benzene rings is 1. The second-order valence-corrected chi connectivity index (χ2v) is 6.80. The highest BCUT2D eigenvalue weighted by Crippen LogP contribution is 2.19. The number of hydrogen-bond acceptors (Lipinski definition) is 6. The average molecular weight is 344 g/mol. The highest BCUT2D eigenvalue weighted by Gasteiger charge is 2.24. The molecule has 2 aromatic rings. The van der Waals surface area contributed by atoms with E-state index in [4.69, 9.17) is 0 Å². The molecule has 0 amide bonds. The zero-order valence-electron chi connectivity index (χ0n) is 15.4. The summed E-state index contributed by atoms with van der Waals surface area (Å²) in [5, 5.41) is 21.9. The number of aliphatic hydroxyl groups excluding tert-OH is 1. The van der Waals surface area contributed by atoms with Gasteiger partial charge in [0.1, 0.15) is 0 Å². The van der Waals surface area contributed by atoms with Crippen LogP contribution in [-0.4, -0.2) is 73.9 Å². The summed E-state index contributed by atoms with van der Waals surface area (Å²) in [6, 6.07) is 6.52. The van der Waals surface area contributed by atoms with Gasteiger partial charge in [0.15, 0.2) is 5.82 Å². The second-order valence-electron chi connectivity index (χ2n) is 6.80. The van der Waals surface area contributed by atoms with Crippen molar-refractivity contribution in [2.45, 2.75) is 39.8 Å². The summed E-state index contributed by atoms with van der Waals surface area (Å²) in [5.41, 5.74) is 3.42. The van der Waals surface area contributed by atoms with Gasteiger partial charge in [-0.15, -0.1) is 5.10 Å². The van der Waals surface area contributed by atoms with Gasteiger partial charge in [-0.1, -0.05) is 25.1 Å². The molecule has 2 heterocycles. The lowest BCUT2D eigenvalue weighted by molar-refractivity contribution is 0.0596. The molecule has 1 atom stereocenters. The summed E-state index contributed by atoms with van der Waals surface area (Å²) in [4.78, 5) is 4.77. The zero-order chi connectivity index (χ0) is 17.8. The van der Waals surface area contributed by atoms with Crippen LogP contribution in [-0.2, 0) is 6.54 Å². The van der Waals surface area contributed by atoms with Gasteiger partial charge in [-0.2, -0.15) is 4.68 Å². The van der Waals surface area contributed by atoms with E-state index in [1.54, 1.807) is 0 Å². The zero-order valence-corrected chi connectivity index (χ0v) is 15.4. The first-order chi connectivity index (χ1) is 12.1. The highest BCUT2D eigenvalue weighted by atomic mass is 16.3. The molecule has 0 saturated carbocycles. The summed E-state index contributed by atoms with van der Waals surface area (Å²) in [5.74, 6) is 0.875. The van der Waals surface area contributed by atoms with Crippen LogP contribution in [0.4, 0.5) is 0 Å². The van der Waals surface area contributed by atoms with Gasteiger partial charge in [-0.3, -0.25) is 9.80 Å². The summed E-state index contributed by atoms with van der Waals surface area (Å²) in [6.07, 6.45) is 0.987. The molecule has 25 heavy (non-hydrogen) atoms. The van der Waals surface area contributed by atoms with Gasteiger partial charge in [-0.05, 0) is 41.8 Å². The lowest BCUT2D eigenvalue weighted by Crippen LogP contribution is -2.51. The van der Waals surface area contributed by atoms with Crippen LogP contribution in [0.1, 0.15) is 30.3 Å². The Balaban J connectivity index is 1.69. The molecule has 1 N–H and O–H groups in total. The van der Waals surface area contributed by atoms with Crippen molar-refractivity contribution in [3.05, 3.63) is 35.2 Å². The molecule has 136 valence electrons. The number of aliphatic hydroxyl groups is 1. The van der Waals surface area contributed by atoms with Crippen molar-refractivity contribution in [1.29, 1.82) is 0 Å². The van der Waals surface area contributed by atoms with E-state index in [0.717, 1.165) is 50.7 Å². The van der Waals surface area contributed by atoms with Crippen molar-refractivity contribution < 1.29 is 5.11 Å². The van der Waals surface area contributed by atoms with E-state index >= 15 is 0 Å². The quantitative estimate of drug-likeness (QED) is 0.848. The first kappa shape index (κ1) is 18.0. The normalized spacial score (nSPS) is 17.8. The van der Waals surface area contributed by atoms with Crippen LogP contribution in [0.3, 0.4) is 0 Å². The fourth-order valence-corrected chi connectivity index (χ4v) is 3.61. The Hall–Kier alpha value is -1.83. The highest BCUT2D eigenvalue weighted by molar-refractivity contribution is 5.46. The Morgan fingerprint density at radius 2 is 1.80 bits per heavy atom. The third kappa shape index (κ3) is 3.89. The molecule has 1 fully saturated rings. The van der Waals surface area contributed by atoms with Crippen molar-refractivity contribution in [3.63, 3.8) is 0 Å². The van der Waals surface area contributed by atoms with Gasteiger partial charge < -0.3 is 5.11 Å². The number of aromatic nitrogens is 4. The summed E-state index contributed by atoms with van der Waals surface area (Å²) < 4.78 is 1.87. The number of tetrazole rings is 1. The maximum Gasteiger partial charge on any atom is 0.170 e. The molecular formula is C18H28N6O. The standard InChI is InChI=1S/C18H28N6O/c1-4-16(13-25)23-10-8-22(9-11-23)12-17-19-20-21-24(17)18-14(2)6-5-7-15(18)3/h5-7,16,25H,4,8-13H2,1-3H3. The van der Waals surface area contributed by atoms with Crippen LogP contribution in [0.25, 0.3) is 5.69 Å². The first-order valence-corrected chi connectivity index (χ1v) is 9.05. The third-order valence-electron chi connectivity index (χ3n) is 5.16. The molecular weight excluding hydrogens is 316 g/mol. The lowest BCUT2D eigenvalue weighted by atomic mass is 10.1. The van der Waals surface area contributed by atoms with Crippen LogP contribution in [0, 0.1) is 13.8 Å². The fourth-order valence-electron chi connectivity index (χ4n) is 3.61. The lowest BCUT2D eigenvalue weighted by Gasteiger charge is -2.38. The Labute approximate surface area is 149 Å². The smallest absolute Gasteiger partial charge is 0.170 e. The Kier molecular flexibility index (Phi) is 5.78. The summed E-state index contributed by atoms with van der Waals surface area (Å²) >= 11 is 0. The van der Waals surface area contributed by atoms with Crippen molar-refractivity contribution >= 4 is 0 Å². The molecule has 1 saturated heterocycles. The molecule has 0 spiro atoms. The van der Waals surface area contributed by atoms with Crippen molar-refractivity contribution in [3.8, 4) is 5.69 Å². The second kappa shape index (κ2) is 8.03. The average Bonchev–Trinajstić information content (AvgIpc) is 3.05. The maximum absolute atomic E-state index is 9.48. The van der Waals surface area contributed by atoms with Gasteiger partial charge in [0.2, 0.25) is 0 Å². The van der Waals surface area contributed by atoms with Crippen molar-refractivity contribution in [2.75, 3.05) is 32.8 Å². The molecule has 0 aliphatic carbocycles. The van der Waals surface area contributed by atoms with E-state index in [1.807, 2.05) is 4.68 Å². The molecule has 0 bridgehead atoms. The van der Waals surface area contributed by atoms with Crippen LogP contribution in [0.2, 0.25) is 0 Å². The van der Waals surface area contributed by atoms with Gasteiger partial charge in [0.25, 0.3) is 0 Å². The van der Waals surface area contributed by atoms with E-state index in [-0.39, 0.29) is 12.6 Å². The minimum atomic E-state index is 0.237. The molecule has 3 rings (SSSR count). The monoisotopic (exact) mass is 344 g/mol. The SMILES string of the molecule is CCC(CO)N1CCN(Cc2nnnn2-c2c(C)cccc2C)CC1. The molecule has 1 aliphatic rings. The topological polar surface area (TPSA) is 70.3 Å². The maximum atomic E-state index is 9.48. The number of para-hydroxylation sites is 1. The summed E-state index contributed by atoms with van der Waals surface area (Å²) in [6.45, 7) is 11.2. The first-order valence-electron chi connectivity index (χ1n) is 9.05. The van der Waals surface area contributed by atoms with E-state index in [9.17, 15) is 5.11 Å². The number of nitrogens with zero attached hydrogens (tertiary/aromatic N) is 6. The largest absolute Gasteiger partial charge is 0.395 e. The molecule has 7 heteroatoms. The molecule has 1 aromatic heterocycles. The van der Waals surface area contributed by atoms with Crippen LogP contribution in [0.15, 0.2) is 18.2 Å². The number of rotatable bonds is 6. The number of piperazine rings is 1. The van der Waals surface area contributed by atoms with Gasteiger partial charge in [0, 0.05) is 32.2 Å².